The van der Waals surface area contributed by atoms with Crippen LogP contribution in [0.5, 0.6) is 0 Å². The molecule has 0 spiro atoms. The van der Waals surface area contributed by atoms with Crippen molar-refractivity contribution in [2.45, 2.75) is 19.0 Å². The van der Waals surface area contributed by atoms with E-state index in [4.69, 9.17) is 5.11 Å². The van der Waals surface area contributed by atoms with Crippen molar-refractivity contribution < 1.29 is 23.1 Å². The SMILES string of the molecule is CC(C(=O)O)c1cs/c(=N/c2cccc(C(F)(F)F)c2)n1C. The third-order valence-electron chi connectivity index (χ3n) is 3.17. The number of rotatable bonds is 3. The van der Waals surface area contributed by atoms with Gasteiger partial charge in [0.05, 0.1) is 17.2 Å². The van der Waals surface area contributed by atoms with Crippen LogP contribution in [0, 0.1) is 0 Å². The molecule has 8 heteroatoms. The smallest absolute Gasteiger partial charge is 0.416 e. The van der Waals surface area contributed by atoms with Gasteiger partial charge in [0.25, 0.3) is 0 Å². The number of hydrogen-bond donors (Lipinski definition) is 1. The molecular weight excluding hydrogens is 317 g/mol. The maximum absolute atomic E-state index is 12.7. The lowest BCUT2D eigenvalue weighted by Gasteiger charge is -2.07. The van der Waals surface area contributed by atoms with Crippen molar-refractivity contribution in [2.75, 3.05) is 0 Å². The number of carbonyl (C=O) groups is 1. The molecular formula is C14H13F3N2O2S. The number of alkyl halides is 3. The lowest BCUT2D eigenvalue weighted by molar-refractivity contribution is -0.139. The number of hydrogen-bond acceptors (Lipinski definition) is 3. The quantitative estimate of drug-likeness (QED) is 0.936. The highest BCUT2D eigenvalue weighted by atomic mass is 32.1. The Labute approximate surface area is 128 Å². The molecule has 4 nitrogen and oxygen atoms in total. The van der Waals surface area contributed by atoms with Gasteiger partial charge in [0.2, 0.25) is 0 Å². The lowest BCUT2D eigenvalue weighted by atomic mass is 10.1. The van der Waals surface area contributed by atoms with Gasteiger partial charge in [0.1, 0.15) is 0 Å². The third-order valence-corrected chi connectivity index (χ3v) is 4.11. The van der Waals surface area contributed by atoms with Crippen LogP contribution >= 0.6 is 11.3 Å². The molecule has 1 N–H and O–H groups in total. The summed E-state index contributed by atoms with van der Waals surface area (Å²) in [4.78, 5) is 15.6. The molecule has 0 saturated heterocycles. The minimum atomic E-state index is -4.42. The van der Waals surface area contributed by atoms with Gasteiger partial charge in [-0.25, -0.2) is 4.99 Å². The number of carboxylic acid groups (broad SMARTS) is 1. The summed E-state index contributed by atoms with van der Waals surface area (Å²) in [5.74, 6) is -1.69. The van der Waals surface area contributed by atoms with Gasteiger partial charge < -0.3 is 9.67 Å². The van der Waals surface area contributed by atoms with Crippen molar-refractivity contribution in [3.8, 4) is 0 Å². The molecule has 0 aliphatic carbocycles. The van der Waals surface area contributed by atoms with Gasteiger partial charge in [-0.2, -0.15) is 13.2 Å². The second-order valence-corrected chi connectivity index (χ2v) is 5.56. The van der Waals surface area contributed by atoms with Gasteiger partial charge in [0.15, 0.2) is 4.80 Å². The van der Waals surface area contributed by atoms with Crippen LogP contribution < -0.4 is 4.80 Å². The predicted octanol–water partition coefficient (Wildman–Crippen LogP) is 3.53. The first-order valence-corrected chi connectivity index (χ1v) is 7.17. The summed E-state index contributed by atoms with van der Waals surface area (Å²) in [6, 6.07) is 4.69. The van der Waals surface area contributed by atoms with Crippen LogP contribution in [0.25, 0.3) is 0 Å². The van der Waals surface area contributed by atoms with Gasteiger partial charge in [0, 0.05) is 18.1 Å². The Bertz CT molecular complexity index is 762. The monoisotopic (exact) mass is 330 g/mol. The summed E-state index contributed by atoms with van der Waals surface area (Å²) in [5.41, 5.74) is -0.0582. The third kappa shape index (κ3) is 3.38. The first kappa shape index (κ1) is 16.3. The van der Waals surface area contributed by atoms with Crippen molar-refractivity contribution in [2.24, 2.45) is 12.0 Å². The van der Waals surface area contributed by atoms with Crippen molar-refractivity contribution in [3.63, 3.8) is 0 Å². The molecule has 0 fully saturated rings. The molecule has 0 amide bonds. The average molecular weight is 330 g/mol. The molecule has 0 aliphatic rings. The predicted molar refractivity (Wildman–Crippen MR) is 76.0 cm³/mol. The molecule has 2 aromatic rings. The summed E-state index contributed by atoms with van der Waals surface area (Å²) in [6.07, 6.45) is -4.42. The number of halogens is 3. The van der Waals surface area contributed by atoms with Crippen molar-refractivity contribution >= 4 is 23.0 Å². The van der Waals surface area contributed by atoms with Crippen LogP contribution in [-0.4, -0.2) is 15.6 Å². The zero-order chi connectivity index (χ0) is 16.5. The van der Waals surface area contributed by atoms with E-state index in [1.54, 1.807) is 23.9 Å². The fourth-order valence-corrected chi connectivity index (χ4v) is 2.87. The molecule has 1 atom stereocenters. The van der Waals surface area contributed by atoms with E-state index in [1.807, 2.05) is 0 Å². The fraction of sp³-hybridized carbons (Fsp3) is 0.286. The van der Waals surface area contributed by atoms with E-state index in [-0.39, 0.29) is 5.69 Å². The Morgan fingerprint density at radius 1 is 1.41 bits per heavy atom. The van der Waals surface area contributed by atoms with Crippen molar-refractivity contribution in [3.05, 3.63) is 45.7 Å². The number of aromatic nitrogens is 1. The number of aliphatic carboxylic acids is 1. The molecule has 1 heterocycles. The van der Waals surface area contributed by atoms with Crippen LogP contribution in [0.15, 0.2) is 34.6 Å². The maximum atomic E-state index is 12.7. The first-order chi connectivity index (χ1) is 10.2. The summed E-state index contributed by atoms with van der Waals surface area (Å²) < 4.78 is 39.6. The van der Waals surface area contributed by atoms with E-state index < -0.39 is 23.6 Å². The van der Waals surface area contributed by atoms with Crippen LogP contribution in [0.3, 0.4) is 0 Å². The highest BCUT2D eigenvalue weighted by molar-refractivity contribution is 7.07. The fourth-order valence-electron chi connectivity index (χ4n) is 1.86. The Morgan fingerprint density at radius 2 is 2.09 bits per heavy atom. The summed E-state index contributed by atoms with van der Waals surface area (Å²) >= 11 is 1.18. The number of carboxylic acids is 1. The molecule has 2 rings (SSSR count). The lowest BCUT2D eigenvalue weighted by Crippen LogP contribution is -2.18. The second-order valence-electron chi connectivity index (χ2n) is 4.72. The van der Waals surface area contributed by atoms with Gasteiger partial charge in [-0.05, 0) is 25.1 Å². The zero-order valence-corrected chi connectivity index (χ0v) is 12.6. The minimum absolute atomic E-state index is 0.168. The normalized spacial score (nSPS) is 14.1. The van der Waals surface area contributed by atoms with E-state index in [0.29, 0.717) is 10.5 Å². The van der Waals surface area contributed by atoms with Crippen LogP contribution in [-0.2, 0) is 18.0 Å². The Morgan fingerprint density at radius 3 is 2.68 bits per heavy atom. The molecule has 0 radical (unpaired) electrons. The number of nitrogens with zero attached hydrogens (tertiary/aromatic N) is 2. The first-order valence-electron chi connectivity index (χ1n) is 6.29. The van der Waals surface area contributed by atoms with Gasteiger partial charge >= 0.3 is 12.1 Å². The molecule has 1 aromatic heterocycles. The molecule has 1 unspecified atom stereocenters. The maximum Gasteiger partial charge on any atom is 0.416 e. The second kappa shape index (κ2) is 5.96. The Balaban J connectivity index is 2.45. The minimum Gasteiger partial charge on any atom is -0.481 e. The molecule has 22 heavy (non-hydrogen) atoms. The van der Waals surface area contributed by atoms with Gasteiger partial charge in [-0.15, -0.1) is 11.3 Å². The van der Waals surface area contributed by atoms with E-state index >= 15 is 0 Å². The topological polar surface area (TPSA) is 54.6 Å². The average Bonchev–Trinajstić information content (AvgIpc) is 2.79. The zero-order valence-electron chi connectivity index (χ0n) is 11.8. The van der Waals surface area contributed by atoms with Crippen molar-refractivity contribution in [1.82, 2.24) is 4.57 Å². The molecule has 1 aromatic carbocycles. The summed E-state index contributed by atoms with van der Waals surface area (Å²) in [5, 5.41) is 10.7. The molecule has 118 valence electrons. The highest BCUT2D eigenvalue weighted by Crippen LogP contribution is 2.31. The molecule has 0 bridgehead atoms. The van der Waals surface area contributed by atoms with Crippen LogP contribution in [0.4, 0.5) is 18.9 Å². The number of thiazole rings is 1. The van der Waals surface area contributed by atoms with Gasteiger partial charge in [-0.3, -0.25) is 4.79 Å². The molecule has 0 saturated carbocycles. The van der Waals surface area contributed by atoms with Crippen LogP contribution in [0.2, 0.25) is 0 Å². The molecule has 0 aliphatic heterocycles. The number of benzene rings is 1. The van der Waals surface area contributed by atoms with E-state index in [0.717, 1.165) is 12.1 Å². The summed E-state index contributed by atoms with van der Waals surface area (Å²) in [6.45, 7) is 1.54. The van der Waals surface area contributed by atoms with E-state index in [2.05, 4.69) is 4.99 Å². The summed E-state index contributed by atoms with van der Waals surface area (Å²) in [7, 11) is 1.64. The Kier molecular flexibility index (Phi) is 4.41. The van der Waals surface area contributed by atoms with E-state index in [9.17, 15) is 18.0 Å². The standard InChI is InChI=1S/C14H13F3N2O2S/c1-8(12(20)21)11-7-22-13(19(11)2)18-10-5-3-4-9(6-10)14(15,16)17/h3-8H,1-2H3,(H,20,21)/b18-13+. The highest BCUT2D eigenvalue weighted by Gasteiger charge is 2.30. The Hall–Kier alpha value is -2.09. The van der Waals surface area contributed by atoms with E-state index in [1.165, 1.54) is 23.5 Å². The van der Waals surface area contributed by atoms with Gasteiger partial charge in [-0.1, -0.05) is 6.07 Å². The van der Waals surface area contributed by atoms with Crippen molar-refractivity contribution in [1.29, 1.82) is 0 Å². The largest absolute Gasteiger partial charge is 0.481 e. The van der Waals surface area contributed by atoms with Crippen LogP contribution in [0.1, 0.15) is 24.1 Å².